The van der Waals surface area contributed by atoms with Gasteiger partial charge in [-0.1, -0.05) is 243 Å². The monoisotopic (exact) mass is 2160 g/mol. The van der Waals surface area contributed by atoms with Gasteiger partial charge in [0, 0.05) is 119 Å². The van der Waals surface area contributed by atoms with Gasteiger partial charge in [0.1, 0.15) is 82.3 Å². The minimum absolute atomic E-state index is 0.00212. The first kappa shape index (κ1) is 105. The van der Waals surface area contributed by atoms with Gasteiger partial charge in [-0.15, -0.1) is 0 Å². The van der Waals surface area contributed by atoms with E-state index in [4.69, 9.17) is 130 Å². The molecule has 1 saturated heterocycles. The van der Waals surface area contributed by atoms with Crippen LogP contribution in [0.15, 0.2) is 239 Å². The lowest BCUT2D eigenvalue weighted by molar-refractivity contribution is -0.695. The molecule has 145 heavy (non-hydrogen) atoms. The average Bonchev–Trinajstić information content (AvgIpc) is 1.52. The molecular weight excluding hydrogens is 2070 g/mol. The van der Waals surface area contributed by atoms with Crippen molar-refractivity contribution in [1.29, 1.82) is 0 Å². The third-order valence-corrected chi connectivity index (χ3v) is 30.3. The van der Waals surface area contributed by atoms with Gasteiger partial charge in [-0.25, -0.2) is 37.3 Å². The minimum atomic E-state index is -1.27. The van der Waals surface area contributed by atoms with Crippen LogP contribution in [0.5, 0.6) is 5.88 Å². The van der Waals surface area contributed by atoms with Crippen molar-refractivity contribution in [3.8, 4) is 28.1 Å². The predicted octanol–water partition coefficient (Wildman–Crippen LogP) is 22.0. The first-order chi connectivity index (χ1) is 69.0. The molecular formula is C111H98Cl10F5N10O9+5. The normalized spacial score (nSPS) is 22.3. The number of aliphatic hydroxyl groups excluding tert-OH is 2. The van der Waals surface area contributed by atoms with Crippen molar-refractivity contribution in [2.24, 2.45) is 15.8 Å². The number of allylic oxidation sites excluding steroid dienone is 8. The van der Waals surface area contributed by atoms with Gasteiger partial charge in [0.15, 0.2) is 29.0 Å². The number of H-pyrrole nitrogens is 1. The molecule has 1 aliphatic carbocycles. The number of rotatable bonds is 13. The first-order valence-corrected chi connectivity index (χ1v) is 50.4. The fraction of sp³-hybridized carbons (Fsp3) is 0.252. The van der Waals surface area contributed by atoms with Crippen molar-refractivity contribution in [1.82, 2.24) is 10.3 Å². The molecule has 0 bridgehead atoms. The zero-order chi connectivity index (χ0) is 104. The summed E-state index contributed by atoms with van der Waals surface area (Å²) in [6, 6.07) is 50.0. The molecule has 4 amide bonds. The number of fused-ring (bicyclic) bond motifs is 12. The molecule has 0 radical (unpaired) electrons. The minimum Gasteiger partial charge on any atom is -0.419 e. The number of furan rings is 1. The molecule has 19 nitrogen and oxygen atoms in total. The molecule has 12 aromatic rings. The first-order valence-electron chi connectivity index (χ1n) is 46.6. The van der Waals surface area contributed by atoms with Crippen LogP contribution in [0.4, 0.5) is 50.6 Å². The Morgan fingerprint density at radius 3 is 1.65 bits per heavy atom. The summed E-state index contributed by atoms with van der Waals surface area (Å²) < 4.78 is 82.2. The van der Waals surface area contributed by atoms with Gasteiger partial charge >= 0.3 is 18.1 Å². The van der Waals surface area contributed by atoms with E-state index in [1.54, 1.807) is 61.2 Å². The number of nitrogens with two attached hydrogens (primary N) is 2. The van der Waals surface area contributed by atoms with E-state index in [0.717, 1.165) is 103 Å². The van der Waals surface area contributed by atoms with E-state index in [1.807, 2.05) is 128 Å². The third-order valence-electron chi connectivity index (χ3n) is 27.7. The van der Waals surface area contributed by atoms with Crippen LogP contribution in [0, 0.1) is 39.9 Å². The van der Waals surface area contributed by atoms with Crippen LogP contribution < -0.4 is 41.9 Å². The van der Waals surface area contributed by atoms with Crippen LogP contribution in [0.25, 0.3) is 38.7 Å². The maximum Gasteiger partial charge on any atom is 0.439 e. The van der Waals surface area contributed by atoms with Gasteiger partial charge < -0.3 is 41.2 Å². The lowest BCUT2D eigenvalue weighted by Crippen LogP contribution is -2.95. The Labute approximate surface area is 882 Å². The molecule has 746 valence electrons. The van der Waals surface area contributed by atoms with Crippen LogP contribution in [-0.2, 0) is 44.6 Å². The number of amides is 4. The topological polar surface area (TPSA) is 288 Å². The summed E-state index contributed by atoms with van der Waals surface area (Å²) in [5, 5.41) is 38.0. The number of carbonyl (C=O) groups excluding carboxylic acids is 6. The maximum atomic E-state index is 14.9. The van der Waals surface area contributed by atoms with Crippen molar-refractivity contribution < 1.29 is 85.6 Å². The molecule has 12 atom stereocenters. The number of aldehydes is 2. The second kappa shape index (κ2) is 42.4. The number of aromatic amines is 1. The van der Waals surface area contributed by atoms with Crippen LogP contribution in [0.3, 0.4) is 0 Å². The molecule has 3 spiro atoms. The summed E-state index contributed by atoms with van der Waals surface area (Å²) in [7, 11) is 0. The Kier molecular flexibility index (Phi) is 30.7. The van der Waals surface area contributed by atoms with E-state index in [1.165, 1.54) is 48.5 Å². The number of hydrogen-bond acceptors (Lipinski definition) is 9. The lowest BCUT2D eigenvalue weighted by atomic mass is 9.62. The van der Waals surface area contributed by atoms with Crippen LogP contribution in [-0.4, -0.2) is 113 Å². The summed E-state index contributed by atoms with van der Waals surface area (Å²) in [6.07, 6.45) is 19.6. The molecule has 10 aromatic carbocycles. The zero-order valence-corrected chi connectivity index (χ0v) is 86.6. The fourth-order valence-electron chi connectivity index (χ4n) is 21.4. The van der Waals surface area contributed by atoms with Gasteiger partial charge in [-0.3, -0.25) is 33.9 Å². The van der Waals surface area contributed by atoms with Gasteiger partial charge in [0.25, 0.3) is 5.91 Å². The fourth-order valence-corrected chi connectivity index (χ4v) is 23.2. The third kappa shape index (κ3) is 20.6. The molecule has 2 aromatic heterocycles. The largest absolute Gasteiger partial charge is 0.439 e. The Morgan fingerprint density at radius 1 is 0.593 bits per heavy atom. The van der Waals surface area contributed by atoms with Crippen molar-refractivity contribution >= 4 is 216 Å². The number of hydrogen-bond donors (Lipinski definition) is 11. The summed E-state index contributed by atoms with van der Waals surface area (Å²) in [5.74, 6) is -3.44. The zero-order valence-electron chi connectivity index (χ0n) is 79.1. The highest BCUT2D eigenvalue weighted by molar-refractivity contribution is 6.35. The standard InChI is InChI=1S/C27H32Cl2FN3O4.C22H21Cl2FN2O.C18H13Cl2FN2O.C16H8Cl2FNO.C16H10ClFNO.C12H10ClNO/c1-26(2,3)12-21-27(17-10-19(30)18(29)11-20(17)32-25(27)37)22(14-5-4-6-15(28)9-14)23(33-21)24(36)31-8-7-16(35)13-34;1-21(2,3)10-19-22(15(11-26-19)12-5-4-6-13(23)7-12)14-8-17(25)16(24)9-18(14)27-20(22)28;1-9-18(13(8-22-9)10-3-2-4-11(19)5-10)12-6-15(21)14(20)7-16(12)23-17(18)24;17-9-3-1-2-8(4-9)11-7-21-16-15(11)10-5-13(19)12(18)6-14(10)20-16;17-12-7-14-10(6-13(12)18)15-11(8-20-16(15)19-14)9-4-2-1-3-5-9;1-8-12(7-15)11(6-14-8)9-3-2-4-10(13)5-9/h4-6,9-11,16,21-23,33-35H,7-8,12-13H2,1-3H3,(H,31,36)(H,32,37);4-9,11,15,19H,10H2,1-3H3,(H,27,28);2-9,13H,1H3,(H,23,24);1-7,20H;2-8,19H,1H2;2-7,11H,1H3/q;;;;+1;/p+4/t16?,21-,22+,23-,27+;15-,19-,22-;9?,13-,18-;;;/m111.../s1. The summed E-state index contributed by atoms with van der Waals surface area (Å²) in [6.45, 7) is 16.1. The van der Waals surface area contributed by atoms with Crippen molar-refractivity contribution in [2.75, 3.05) is 29.1 Å². The number of nitrogens with one attached hydrogen (secondary N) is 7. The Bertz CT molecular complexity index is 7500. The summed E-state index contributed by atoms with van der Waals surface area (Å²) in [5.41, 5.74) is 12.9. The van der Waals surface area contributed by atoms with Crippen molar-refractivity contribution in [2.45, 2.75) is 151 Å². The molecule has 9 aliphatic heterocycles. The van der Waals surface area contributed by atoms with E-state index >= 15 is 0 Å². The molecule has 22 rings (SSSR count). The highest BCUT2D eigenvalue weighted by Gasteiger charge is 2.70. The molecule has 34 heteroatoms. The van der Waals surface area contributed by atoms with Crippen LogP contribution in [0.1, 0.15) is 149 Å². The molecule has 11 heterocycles. The number of aromatic nitrogens is 1. The summed E-state index contributed by atoms with van der Waals surface area (Å²) >= 11 is 60.3. The number of aliphatic imine (C=N–C) groups is 1. The van der Waals surface area contributed by atoms with Gasteiger partial charge in [-0.05, 0) is 186 Å². The highest BCUT2D eigenvalue weighted by Crippen LogP contribution is 2.58. The highest BCUT2D eigenvalue weighted by atomic mass is 35.5. The van der Waals surface area contributed by atoms with Crippen molar-refractivity contribution in [3.63, 3.8) is 0 Å². The summed E-state index contributed by atoms with van der Waals surface area (Å²) in [4.78, 5) is 79.0. The van der Waals surface area contributed by atoms with Crippen molar-refractivity contribution in [3.05, 3.63) is 353 Å². The number of nitrogens with zero attached hydrogens (tertiary/aromatic N) is 1. The lowest BCUT2D eigenvalue weighted by Gasteiger charge is -2.34. The van der Waals surface area contributed by atoms with E-state index in [0.29, 0.717) is 82.6 Å². The van der Waals surface area contributed by atoms with Gasteiger partial charge in [-0.2, -0.15) is 4.42 Å². The second-order valence-electron chi connectivity index (χ2n) is 39.4. The average molecular weight is 2170 g/mol. The number of aliphatic hydroxyl groups is 2. The SMILES string of the molecule is CC(C)(C)C[C@H]1[NH+]=C[C@H](c2cccc(Cl)c2)[C@@]12C(=O)Nc1cc(Cl)c(F)cc12.CC(C)(C)C[C@H]1[NH2+][C@@H](C(=O)NCCC(O)CO)[C@H](c2cccc(Cl)c2)[C@@]12C(=O)Nc1cc(Cl)c(F)cc12.CC1=C(C=O)C(c2cccc(Cl)c2)C=N1.CC1[NH+]=C[C@H](c2cccc(Cl)c2)[C@@]12C(=O)Nc1cc(Cl)c(F)cc12.Fc1cc2c(cc1Cl)[NH2+]c1occ(-c3cccc(Cl)c3)c1-2.Fc1cc2c3c([nH]c2cc1Cl)[O+]=CC3=C1C=CCC=C1. The van der Waals surface area contributed by atoms with Gasteiger partial charge in [0.05, 0.1) is 72.2 Å². The number of carbonyl (C=O) groups is 5. The molecule has 0 saturated carbocycles. The van der Waals surface area contributed by atoms with E-state index in [2.05, 4.69) is 107 Å². The molecule has 10 aliphatic rings. The number of benzene rings is 10. The van der Waals surface area contributed by atoms with E-state index in [9.17, 15) is 51.0 Å². The Hall–Kier alpha value is -11.4. The van der Waals surface area contributed by atoms with Crippen LogP contribution in [0.2, 0.25) is 50.2 Å². The predicted molar refractivity (Wildman–Crippen MR) is 564 cm³/mol. The van der Waals surface area contributed by atoms with Crippen LogP contribution >= 0.6 is 116 Å². The molecule has 13 N–H and O–H groups in total. The van der Waals surface area contributed by atoms with Gasteiger partial charge in [0.2, 0.25) is 17.7 Å². The Balaban J connectivity index is 0.000000122. The van der Waals surface area contributed by atoms with E-state index < -0.39 is 76.0 Å². The smallest absolute Gasteiger partial charge is 0.419 e. The maximum absolute atomic E-state index is 14.9. The van der Waals surface area contributed by atoms with E-state index in [-0.39, 0.29) is 102 Å². The number of anilines is 3. The molecule has 3 unspecified atom stereocenters. The quantitative estimate of drug-likeness (QED) is 0.0173. The molecule has 1 fully saturated rings. The number of quaternary nitrogens is 2. The Morgan fingerprint density at radius 2 is 1.08 bits per heavy atom. The second-order valence-corrected chi connectivity index (χ2v) is 43.6. The number of halogens is 15.